The molecule has 2 aromatic rings. The summed E-state index contributed by atoms with van der Waals surface area (Å²) in [6, 6.07) is 8.16. The van der Waals surface area contributed by atoms with Crippen LogP contribution in [0.1, 0.15) is 11.1 Å². The zero-order valence-electron chi connectivity index (χ0n) is 12.4. The molecule has 0 fully saturated rings. The molecular weight excluding hydrogens is 343 g/mol. The summed E-state index contributed by atoms with van der Waals surface area (Å²) in [7, 11) is 0. The average molecular weight is 352 g/mol. The Morgan fingerprint density at radius 3 is 2.40 bits per heavy atom. The van der Waals surface area contributed by atoms with E-state index in [1.54, 1.807) is 0 Å². The van der Waals surface area contributed by atoms with E-state index >= 15 is 0 Å². The van der Waals surface area contributed by atoms with E-state index in [-0.39, 0.29) is 5.56 Å². The quantitative estimate of drug-likeness (QED) is 0.501. The molecule has 0 heterocycles. The molecule has 2 rings (SSSR count). The third-order valence-corrected chi connectivity index (χ3v) is 3.11. The second-order valence-corrected chi connectivity index (χ2v) is 4.83. The second-order valence-electron chi connectivity index (χ2n) is 4.83. The molecule has 128 valence electrons. The van der Waals surface area contributed by atoms with Crippen LogP contribution in [0, 0.1) is 23.0 Å². The molecule has 0 aliphatic heterocycles. The minimum Gasteiger partial charge on any atom is -0.321 e. The fraction of sp³-hybridized carbons (Fsp3) is 0.0588. The minimum atomic E-state index is -4.70. The van der Waals surface area contributed by atoms with Crippen molar-refractivity contribution in [2.24, 2.45) is 0 Å². The van der Waals surface area contributed by atoms with Crippen molar-refractivity contribution in [1.29, 1.82) is 5.26 Å². The molecule has 0 aliphatic carbocycles. The molecule has 1 N–H and O–H groups in total. The first-order valence-corrected chi connectivity index (χ1v) is 6.77. The van der Waals surface area contributed by atoms with Gasteiger partial charge < -0.3 is 5.32 Å². The predicted octanol–water partition coefficient (Wildman–Crippen LogP) is 4.53. The fourth-order valence-corrected chi connectivity index (χ4v) is 1.95. The number of hydrogen-bond acceptors (Lipinski definition) is 2. The van der Waals surface area contributed by atoms with Crippen molar-refractivity contribution in [3.8, 4) is 6.07 Å². The Morgan fingerprint density at radius 1 is 1.12 bits per heavy atom. The average Bonchev–Trinajstić information content (AvgIpc) is 2.53. The third kappa shape index (κ3) is 4.41. The number of carbonyl (C=O) groups excluding carboxylic acids is 1. The van der Waals surface area contributed by atoms with E-state index in [1.165, 1.54) is 12.1 Å². The Labute approximate surface area is 139 Å². The van der Waals surface area contributed by atoms with Crippen LogP contribution in [-0.4, -0.2) is 5.91 Å². The first kappa shape index (κ1) is 18.1. The van der Waals surface area contributed by atoms with E-state index in [1.807, 2.05) is 5.32 Å². The van der Waals surface area contributed by atoms with Crippen molar-refractivity contribution in [2.75, 3.05) is 5.32 Å². The largest absolute Gasteiger partial charge is 0.418 e. The van der Waals surface area contributed by atoms with Crippen LogP contribution in [0.15, 0.2) is 48.0 Å². The number of halogens is 5. The highest BCUT2D eigenvalue weighted by molar-refractivity contribution is 6.10. The zero-order chi connectivity index (χ0) is 18.6. The SMILES string of the molecule is N#CC(=Cc1ccc(F)cc1F)C(=O)Nc1ccccc1C(F)(F)F. The van der Waals surface area contributed by atoms with E-state index in [0.717, 1.165) is 36.4 Å². The number of benzene rings is 2. The lowest BCUT2D eigenvalue weighted by Crippen LogP contribution is -2.17. The van der Waals surface area contributed by atoms with Gasteiger partial charge >= 0.3 is 6.18 Å². The van der Waals surface area contributed by atoms with Crippen molar-refractivity contribution in [3.05, 3.63) is 70.8 Å². The van der Waals surface area contributed by atoms with Gasteiger partial charge in [0.2, 0.25) is 0 Å². The molecule has 0 aromatic heterocycles. The summed E-state index contributed by atoms with van der Waals surface area (Å²) in [6.07, 6.45) is -3.89. The lowest BCUT2D eigenvalue weighted by atomic mass is 10.1. The second kappa shape index (κ2) is 7.13. The number of para-hydroxylation sites is 1. The van der Waals surface area contributed by atoms with Crippen molar-refractivity contribution in [2.45, 2.75) is 6.18 Å². The molecule has 0 saturated heterocycles. The summed E-state index contributed by atoms with van der Waals surface area (Å²) in [5, 5.41) is 11.0. The maximum absolute atomic E-state index is 13.6. The molecule has 0 atom stereocenters. The van der Waals surface area contributed by atoms with E-state index in [2.05, 4.69) is 0 Å². The van der Waals surface area contributed by atoms with Crippen molar-refractivity contribution in [3.63, 3.8) is 0 Å². The number of anilines is 1. The molecule has 0 spiro atoms. The number of amides is 1. The lowest BCUT2D eigenvalue weighted by molar-refractivity contribution is -0.137. The minimum absolute atomic E-state index is 0.253. The summed E-state index contributed by atoms with van der Waals surface area (Å²) >= 11 is 0. The summed E-state index contributed by atoms with van der Waals surface area (Å²) in [4.78, 5) is 12.0. The van der Waals surface area contributed by atoms with Crippen LogP contribution in [0.3, 0.4) is 0 Å². The number of nitrogens with one attached hydrogen (secondary N) is 1. The standard InChI is InChI=1S/C17H9F5N2O/c18-12-6-5-10(14(19)8-12)7-11(9-23)16(25)24-15-4-2-1-3-13(15)17(20,21)22/h1-8H,(H,24,25). The maximum atomic E-state index is 13.6. The summed E-state index contributed by atoms with van der Waals surface area (Å²) in [5.74, 6) is -3.02. The monoisotopic (exact) mass is 352 g/mol. The number of nitriles is 1. The number of rotatable bonds is 3. The topological polar surface area (TPSA) is 52.9 Å². The molecule has 0 radical (unpaired) electrons. The Morgan fingerprint density at radius 2 is 1.80 bits per heavy atom. The third-order valence-electron chi connectivity index (χ3n) is 3.11. The van der Waals surface area contributed by atoms with Crippen LogP contribution < -0.4 is 5.32 Å². The van der Waals surface area contributed by atoms with Crippen LogP contribution in [0.5, 0.6) is 0 Å². The van der Waals surface area contributed by atoms with Crippen molar-refractivity contribution >= 4 is 17.7 Å². The highest BCUT2D eigenvalue weighted by Crippen LogP contribution is 2.34. The van der Waals surface area contributed by atoms with Crippen LogP contribution in [0.25, 0.3) is 6.08 Å². The smallest absolute Gasteiger partial charge is 0.321 e. The zero-order valence-corrected chi connectivity index (χ0v) is 12.4. The van der Waals surface area contributed by atoms with Gasteiger partial charge in [0.1, 0.15) is 23.3 Å². The Kier molecular flexibility index (Phi) is 5.17. The Balaban J connectivity index is 2.34. The number of nitrogens with zero attached hydrogens (tertiary/aromatic N) is 1. The van der Waals surface area contributed by atoms with Crippen LogP contribution in [0.2, 0.25) is 0 Å². The van der Waals surface area contributed by atoms with E-state index in [0.29, 0.717) is 6.07 Å². The Bertz CT molecular complexity index is 881. The van der Waals surface area contributed by atoms with Gasteiger partial charge in [0.05, 0.1) is 11.3 Å². The molecule has 1 amide bonds. The van der Waals surface area contributed by atoms with Crippen LogP contribution in [-0.2, 0) is 11.0 Å². The molecule has 0 bridgehead atoms. The van der Waals surface area contributed by atoms with E-state index in [9.17, 15) is 26.7 Å². The van der Waals surface area contributed by atoms with Gasteiger partial charge in [-0.05, 0) is 30.3 Å². The molecule has 0 unspecified atom stereocenters. The molecule has 8 heteroatoms. The highest BCUT2D eigenvalue weighted by atomic mass is 19.4. The summed E-state index contributed by atoms with van der Waals surface area (Å²) in [5.41, 5.74) is -2.52. The first-order chi connectivity index (χ1) is 11.7. The lowest BCUT2D eigenvalue weighted by Gasteiger charge is -2.13. The maximum Gasteiger partial charge on any atom is 0.418 e. The van der Waals surface area contributed by atoms with Gasteiger partial charge in [-0.15, -0.1) is 0 Å². The molecule has 2 aromatic carbocycles. The first-order valence-electron chi connectivity index (χ1n) is 6.77. The molecule has 0 saturated carbocycles. The molecule has 0 aliphatic rings. The molecule has 25 heavy (non-hydrogen) atoms. The van der Waals surface area contributed by atoms with Crippen LogP contribution >= 0.6 is 0 Å². The van der Waals surface area contributed by atoms with Gasteiger partial charge in [0, 0.05) is 11.6 Å². The van der Waals surface area contributed by atoms with Crippen molar-refractivity contribution < 1.29 is 26.7 Å². The van der Waals surface area contributed by atoms with Gasteiger partial charge in [0.15, 0.2) is 0 Å². The number of carbonyl (C=O) groups is 1. The van der Waals surface area contributed by atoms with Crippen LogP contribution in [0.4, 0.5) is 27.6 Å². The van der Waals surface area contributed by atoms with Gasteiger partial charge in [-0.3, -0.25) is 4.79 Å². The van der Waals surface area contributed by atoms with Gasteiger partial charge in [0.25, 0.3) is 5.91 Å². The molecular formula is C17H9F5N2O. The number of alkyl halides is 3. The van der Waals surface area contributed by atoms with Gasteiger partial charge in [-0.25, -0.2) is 8.78 Å². The predicted molar refractivity (Wildman–Crippen MR) is 80.0 cm³/mol. The highest BCUT2D eigenvalue weighted by Gasteiger charge is 2.33. The molecule has 3 nitrogen and oxygen atoms in total. The normalized spacial score (nSPS) is 11.8. The fourth-order valence-electron chi connectivity index (χ4n) is 1.95. The number of hydrogen-bond donors (Lipinski definition) is 1. The van der Waals surface area contributed by atoms with E-state index in [4.69, 9.17) is 5.26 Å². The van der Waals surface area contributed by atoms with Gasteiger partial charge in [-0.2, -0.15) is 18.4 Å². The summed E-state index contributed by atoms with van der Waals surface area (Å²) < 4.78 is 65.2. The summed E-state index contributed by atoms with van der Waals surface area (Å²) in [6.45, 7) is 0. The van der Waals surface area contributed by atoms with Crippen molar-refractivity contribution in [1.82, 2.24) is 0 Å². The van der Waals surface area contributed by atoms with Gasteiger partial charge in [-0.1, -0.05) is 12.1 Å². The van der Waals surface area contributed by atoms with E-state index < -0.39 is 40.5 Å². The Hall–Kier alpha value is -3.21.